The van der Waals surface area contributed by atoms with Gasteiger partial charge < -0.3 is 10.5 Å². The van der Waals surface area contributed by atoms with Crippen LogP contribution in [0.1, 0.15) is 55.5 Å². The smallest absolute Gasteiger partial charge is 0.306 e. The molecule has 22 heavy (non-hydrogen) atoms. The summed E-state index contributed by atoms with van der Waals surface area (Å²) in [7, 11) is 0. The fourth-order valence-electron chi connectivity index (χ4n) is 2.02. The third-order valence-electron chi connectivity index (χ3n) is 3.38. The fraction of sp³-hybridized carbons (Fsp3) is 0.471. The summed E-state index contributed by atoms with van der Waals surface area (Å²) in [6, 6.07) is 7.29. The zero-order valence-corrected chi connectivity index (χ0v) is 13.1. The van der Waals surface area contributed by atoms with Gasteiger partial charge in [-0.05, 0) is 31.7 Å². The molecule has 1 amide bonds. The van der Waals surface area contributed by atoms with E-state index in [0.717, 1.165) is 12.0 Å². The first-order valence-corrected chi connectivity index (χ1v) is 7.55. The molecule has 0 aromatic heterocycles. The summed E-state index contributed by atoms with van der Waals surface area (Å²) in [4.78, 5) is 34.4. The second kappa shape index (κ2) is 8.97. The van der Waals surface area contributed by atoms with E-state index in [1.807, 2.05) is 19.1 Å². The van der Waals surface area contributed by atoms with Gasteiger partial charge in [-0.3, -0.25) is 14.4 Å². The van der Waals surface area contributed by atoms with Crippen LogP contribution in [-0.2, 0) is 20.7 Å². The predicted octanol–water partition coefficient (Wildman–Crippen LogP) is 2.41. The van der Waals surface area contributed by atoms with E-state index in [1.54, 1.807) is 19.1 Å². The Balaban J connectivity index is 2.42. The van der Waals surface area contributed by atoms with Crippen molar-refractivity contribution in [1.82, 2.24) is 0 Å². The van der Waals surface area contributed by atoms with Gasteiger partial charge in [0.05, 0.1) is 0 Å². The van der Waals surface area contributed by atoms with Crippen LogP contribution in [0.5, 0.6) is 0 Å². The highest BCUT2D eigenvalue weighted by Crippen LogP contribution is 2.11. The van der Waals surface area contributed by atoms with Crippen LogP contribution in [0, 0.1) is 0 Å². The number of nitrogens with two attached hydrogens (primary N) is 1. The number of aryl methyl sites for hydroxylation is 1. The quantitative estimate of drug-likeness (QED) is 0.431. The number of carbonyl (C=O) groups excluding carboxylic acids is 3. The minimum absolute atomic E-state index is 0.180. The van der Waals surface area contributed by atoms with Crippen LogP contribution in [0.15, 0.2) is 24.3 Å². The van der Waals surface area contributed by atoms with E-state index < -0.39 is 12.1 Å². The van der Waals surface area contributed by atoms with E-state index in [-0.39, 0.29) is 24.5 Å². The molecule has 1 aromatic rings. The van der Waals surface area contributed by atoms with E-state index in [0.29, 0.717) is 18.4 Å². The Hall–Kier alpha value is -2.17. The zero-order valence-electron chi connectivity index (χ0n) is 13.1. The van der Waals surface area contributed by atoms with Crippen molar-refractivity contribution in [2.75, 3.05) is 0 Å². The molecular formula is C17H23NO4. The Bertz CT molecular complexity index is 522. The highest BCUT2D eigenvalue weighted by Gasteiger charge is 2.19. The maximum absolute atomic E-state index is 12.2. The van der Waals surface area contributed by atoms with Crippen molar-refractivity contribution >= 4 is 17.7 Å². The molecule has 0 spiro atoms. The first kappa shape index (κ1) is 17.9. The summed E-state index contributed by atoms with van der Waals surface area (Å²) in [5.74, 6) is -1.03. The molecule has 0 aliphatic heterocycles. The second-order valence-corrected chi connectivity index (χ2v) is 5.22. The number of unbranched alkanes of at least 4 members (excludes halogenated alkanes) is 1. The van der Waals surface area contributed by atoms with Gasteiger partial charge in [0.15, 0.2) is 6.10 Å². The summed E-state index contributed by atoms with van der Waals surface area (Å²) in [5.41, 5.74) is 6.70. The van der Waals surface area contributed by atoms with Crippen molar-refractivity contribution in [3.05, 3.63) is 35.4 Å². The number of hydrogen-bond acceptors (Lipinski definition) is 4. The molecule has 120 valence electrons. The molecule has 0 saturated heterocycles. The molecule has 0 bridgehead atoms. The predicted molar refractivity (Wildman–Crippen MR) is 83.4 cm³/mol. The Morgan fingerprint density at radius 1 is 1.09 bits per heavy atom. The van der Waals surface area contributed by atoms with Crippen LogP contribution < -0.4 is 5.73 Å². The first-order valence-electron chi connectivity index (χ1n) is 7.55. The van der Waals surface area contributed by atoms with Gasteiger partial charge in [-0.15, -0.1) is 0 Å². The van der Waals surface area contributed by atoms with Crippen LogP contribution in [0.2, 0.25) is 0 Å². The van der Waals surface area contributed by atoms with E-state index in [2.05, 4.69) is 0 Å². The van der Waals surface area contributed by atoms with Gasteiger partial charge in [0.25, 0.3) is 0 Å². The standard InChI is InChI=1S/C17H23NO4/c1-3-13-8-10-14(11-9-13)17(21)12(2)22-16(20)7-5-4-6-15(18)19/h8-12H,3-7H2,1-2H3,(H2,18,19)/t12-/m1/s1. The maximum atomic E-state index is 12.2. The number of amides is 1. The van der Waals surface area contributed by atoms with Crippen molar-refractivity contribution < 1.29 is 19.1 Å². The first-order chi connectivity index (χ1) is 10.4. The van der Waals surface area contributed by atoms with Crippen molar-refractivity contribution in [2.24, 2.45) is 5.73 Å². The van der Waals surface area contributed by atoms with Crippen LogP contribution in [0.4, 0.5) is 0 Å². The maximum Gasteiger partial charge on any atom is 0.306 e. The number of rotatable bonds is 9. The van der Waals surface area contributed by atoms with Gasteiger partial charge in [-0.25, -0.2) is 0 Å². The largest absolute Gasteiger partial charge is 0.454 e. The number of benzene rings is 1. The summed E-state index contributed by atoms with van der Waals surface area (Å²) in [6.45, 7) is 3.61. The number of hydrogen-bond donors (Lipinski definition) is 1. The number of primary amides is 1. The highest BCUT2D eigenvalue weighted by atomic mass is 16.5. The topological polar surface area (TPSA) is 86.5 Å². The van der Waals surface area contributed by atoms with Crippen LogP contribution in [0.25, 0.3) is 0 Å². The van der Waals surface area contributed by atoms with Crippen LogP contribution in [0.3, 0.4) is 0 Å². The molecule has 5 heteroatoms. The van der Waals surface area contributed by atoms with E-state index >= 15 is 0 Å². The lowest BCUT2D eigenvalue weighted by molar-refractivity contribution is -0.146. The Kier molecular flexibility index (Phi) is 7.29. The summed E-state index contributed by atoms with van der Waals surface area (Å²) >= 11 is 0. The highest BCUT2D eigenvalue weighted by molar-refractivity contribution is 6.00. The molecule has 0 heterocycles. The van der Waals surface area contributed by atoms with Gasteiger partial charge in [0.1, 0.15) is 0 Å². The molecule has 5 nitrogen and oxygen atoms in total. The molecule has 0 fully saturated rings. The summed E-state index contributed by atoms with van der Waals surface area (Å²) in [6.07, 6.45) is 1.60. The lowest BCUT2D eigenvalue weighted by atomic mass is 10.0. The molecule has 0 saturated carbocycles. The molecule has 1 aromatic carbocycles. The molecular weight excluding hydrogens is 282 g/mol. The average Bonchev–Trinajstić information content (AvgIpc) is 2.50. The van der Waals surface area contributed by atoms with Gasteiger partial charge in [0.2, 0.25) is 11.7 Å². The summed E-state index contributed by atoms with van der Waals surface area (Å²) in [5, 5.41) is 0. The molecule has 1 rings (SSSR count). The SMILES string of the molecule is CCc1ccc(C(=O)[C@@H](C)OC(=O)CCCCC(N)=O)cc1. The lowest BCUT2D eigenvalue weighted by Crippen LogP contribution is -2.24. The van der Waals surface area contributed by atoms with Crippen molar-refractivity contribution in [1.29, 1.82) is 0 Å². The van der Waals surface area contributed by atoms with Gasteiger partial charge in [-0.1, -0.05) is 31.2 Å². The minimum Gasteiger partial charge on any atom is -0.454 e. The molecule has 2 N–H and O–H groups in total. The van der Waals surface area contributed by atoms with Crippen LogP contribution in [-0.4, -0.2) is 23.8 Å². The second-order valence-electron chi connectivity index (χ2n) is 5.22. The minimum atomic E-state index is -0.809. The van der Waals surface area contributed by atoms with Crippen molar-refractivity contribution in [3.63, 3.8) is 0 Å². The van der Waals surface area contributed by atoms with E-state index in [9.17, 15) is 14.4 Å². The Labute approximate surface area is 130 Å². The van der Waals surface area contributed by atoms with Crippen LogP contribution >= 0.6 is 0 Å². The van der Waals surface area contributed by atoms with Gasteiger partial charge in [0, 0.05) is 18.4 Å². The van der Waals surface area contributed by atoms with Crippen molar-refractivity contribution in [3.8, 4) is 0 Å². The number of carbonyl (C=O) groups is 3. The fourth-order valence-corrected chi connectivity index (χ4v) is 2.02. The monoisotopic (exact) mass is 305 g/mol. The molecule has 0 radical (unpaired) electrons. The lowest BCUT2D eigenvalue weighted by Gasteiger charge is -2.12. The Morgan fingerprint density at radius 3 is 2.23 bits per heavy atom. The van der Waals surface area contributed by atoms with E-state index in [4.69, 9.17) is 10.5 Å². The number of Topliss-reactive ketones (excluding diaryl/α,β-unsaturated/α-hetero) is 1. The molecule has 0 unspecified atom stereocenters. The number of ketones is 1. The Morgan fingerprint density at radius 2 is 1.68 bits per heavy atom. The molecule has 0 aliphatic carbocycles. The van der Waals surface area contributed by atoms with Gasteiger partial charge >= 0.3 is 5.97 Å². The third-order valence-corrected chi connectivity index (χ3v) is 3.38. The number of esters is 1. The average molecular weight is 305 g/mol. The molecule has 0 aliphatic rings. The normalized spacial score (nSPS) is 11.7. The van der Waals surface area contributed by atoms with Crippen molar-refractivity contribution in [2.45, 2.75) is 52.1 Å². The van der Waals surface area contributed by atoms with E-state index in [1.165, 1.54) is 0 Å². The van der Waals surface area contributed by atoms with Gasteiger partial charge in [-0.2, -0.15) is 0 Å². The molecule has 1 atom stereocenters. The summed E-state index contributed by atoms with van der Waals surface area (Å²) < 4.78 is 5.13. The zero-order chi connectivity index (χ0) is 16.5. The third kappa shape index (κ3) is 6.08. The number of ether oxygens (including phenoxy) is 1.